The molecule has 0 saturated carbocycles. The molecule has 0 atom stereocenters. The molecule has 24 heavy (non-hydrogen) atoms. The molecule has 0 aromatic carbocycles. The summed E-state index contributed by atoms with van der Waals surface area (Å²) < 4.78 is 22.8. The van der Waals surface area contributed by atoms with Gasteiger partial charge >= 0.3 is 14.8 Å². The van der Waals surface area contributed by atoms with Crippen molar-refractivity contribution in [3.05, 3.63) is 0 Å². The highest BCUT2D eigenvalue weighted by Crippen LogP contribution is 2.14. The van der Waals surface area contributed by atoms with Crippen molar-refractivity contribution in [3.8, 4) is 6.01 Å². The van der Waals surface area contributed by atoms with Crippen LogP contribution >= 0.6 is 0 Å². The summed E-state index contributed by atoms with van der Waals surface area (Å²) in [5.41, 5.74) is 0. The second kappa shape index (κ2) is 11.1. The fourth-order valence-corrected chi connectivity index (χ4v) is 4.24. The second-order valence-corrected chi connectivity index (χ2v) is 7.15. The van der Waals surface area contributed by atoms with Gasteiger partial charge in [-0.3, -0.25) is 0 Å². The van der Waals surface area contributed by atoms with E-state index in [1.165, 1.54) is 0 Å². The molecule has 0 aliphatic carbocycles. The van der Waals surface area contributed by atoms with E-state index in [2.05, 4.69) is 25.6 Å². The first kappa shape index (κ1) is 20.6. The summed E-state index contributed by atoms with van der Waals surface area (Å²) in [6.45, 7) is 12.3. The SMILES string of the molecule is CCNc1nc(NC[Si](OCC)(OCC)OCC)nc(OCC)n1. The predicted octanol–water partition coefficient (Wildman–Crippen LogP) is 1.70. The summed E-state index contributed by atoms with van der Waals surface area (Å²) >= 11 is 0. The molecule has 0 unspecified atom stereocenters. The molecule has 0 fully saturated rings. The molecule has 0 spiro atoms. The Bertz CT molecular complexity index is 439. The first-order valence-corrected chi connectivity index (χ1v) is 10.3. The molecular weight excluding hydrogens is 330 g/mol. The third kappa shape index (κ3) is 6.55. The molecule has 10 heteroatoms. The van der Waals surface area contributed by atoms with Crippen molar-refractivity contribution in [3.63, 3.8) is 0 Å². The van der Waals surface area contributed by atoms with Crippen LogP contribution in [0, 0.1) is 0 Å². The lowest BCUT2D eigenvalue weighted by molar-refractivity contribution is 0.0740. The molecule has 0 amide bonds. The second-order valence-electron chi connectivity index (χ2n) is 4.56. The van der Waals surface area contributed by atoms with Crippen LogP contribution in [0.2, 0.25) is 0 Å². The van der Waals surface area contributed by atoms with Gasteiger partial charge < -0.3 is 28.6 Å². The summed E-state index contributed by atoms with van der Waals surface area (Å²) in [5, 5.41) is 6.20. The molecule has 0 saturated heterocycles. The van der Waals surface area contributed by atoms with Crippen molar-refractivity contribution in [2.45, 2.75) is 34.6 Å². The lowest BCUT2D eigenvalue weighted by Crippen LogP contribution is -2.52. The Hall–Kier alpha value is -1.49. The van der Waals surface area contributed by atoms with Gasteiger partial charge in [0.2, 0.25) is 11.9 Å². The Morgan fingerprint density at radius 2 is 1.29 bits per heavy atom. The highest BCUT2D eigenvalue weighted by molar-refractivity contribution is 6.61. The summed E-state index contributed by atoms with van der Waals surface area (Å²) in [5.74, 6) is 0.843. The maximum Gasteiger partial charge on any atom is 0.521 e. The average Bonchev–Trinajstić information content (AvgIpc) is 2.54. The maximum absolute atomic E-state index is 5.80. The van der Waals surface area contributed by atoms with Crippen LogP contribution in [-0.4, -0.2) is 62.9 Å². The monoisotopic (exact) mass is 359 g/mol. The normalized spacial score (nSPS) is 11.4. The van der Waals surface area contributed by atoms with Crippen LogP contribution in [0.1, 0.15) is 34.6 Å². The van der Waals surface area contributed by atoms with E-state index < -0.39 is 8.80 Å². The van der Waals surface area contributed by atoms with Crippen LogP contribution in [-0.2, 0) is 13.3 Å². The van der Waals surface area contributed by atoms with Crippen LogP contribution in [0.15, 0.2) is 0 Å². The van der Waals surface area contributed by atoms with Gasteiger partial charge in [-0.1, -0.05) is 0 Å². The summed E-state index contributed by atoms with van der Waals surface area (Å²) in [4.78, 5) is 12.8. The highest BCUT2D eigenvalue weighted by atomic mass is 28.4. The van der Waals surface area contributed by atoms with Crippen LogP contribution in [0.5, 0.6) is 6.01 Å². The minimum atomic E-state index is -2.82. The first-order valence-electron chi connectivity index (χ1n) is 8.41. The number of nitrogens with zero attached hydrogens (tertiary/aromatic N) is 3. The van der Waals surface area contributed by atoms with Crippen LogP contribution in [0.3, 0.4) is 0 Å². The molecule has 0 aliphatic rings. The van der Waals surface area contributed by atoms with E-state index in [9.17, 15) is 0 Å². The molecule has 138 valence electrons. The van der Waals surface area contributed by atoms with Crippen LogP contribution in [0.25, 0.3) is 0 Å². The van der Waals surface area contributed by atoms with Crippen molar-refractivity contribution < 1.29 is 18.0 Å². The van der Waals surface area contributed by atoms with E-state index >= 15 is 0 Å². The minimum absolute atomic E-state index is 0.266. The standard InChI is InChI=1S/C14H29N5O4Si/c1-6-15-12-17-13(19-14(18-12)20-7-2)16-11-24(21-8-3,22-9-4)23-10-5/h6-11H2,1-5H3,(H2,15,16,17,18,19). The van der Waals surface area contributed by atoms with Gasteiger partial charge in [0.1, 0.15) is 0 Å². The van der Waals surface area contributed by atoms with Gasteiger partial charge in [-0.15, -0.1) is 0 Å². The van der Waals surface area contributed by atoms with Gasteiger partial charge in [0.05, 0.1) is 12.8 Å². The van der Waals surface area contributed by atoms with E-state index in [-0.39, 0.29) is 6.01 Å². The number of aromatic nitrogens is 3. The molecule has 1 heterocycles. The lowest BCUT2D eigenvalue weighted by Gasteiger charge is -2.28. The van der Waals surface area contributed by atoms with Gasteiger partial charge in [-0.2, -0.15) is 15.0 Å². The van der Waals surface area contributed by atoms with Crippen molar-refractivity contribution >= 4 is 20.7 Å². The zero-order valence-electron chi connectivity index (χ0n) is 15.2. The Balaban J connectivity index is 2.91. The Labute approximate surface area is 144 Å². The third-order valence-electron chi connectivity index (χ3n) is 2.78. The smallest absolute Gasteiger partial charge is 0.464 e. The van der Waals surface area contributed by atoms with Gasteiger partial charge in [0, 0.05) is 26.4 Å². The number of hydrogen-bond acceptors (Lipinski definition) is 9. The molecule has 0 radical (unpaired) electrons. The van der Waals surface area contributed by atoms with Crippen molar-refractivity contribution in [2.24, 2.45) is 0 Å². The van der Waals surface area contributed by atoms with Crippen molar-refractivity contribution in [1.29, 1.82) is 0 Å². The molecule has 0 aliphatic heterocycles. The Kier molecular flexibility index (Phi) is 9.53. The molecule has 9 nitrogen and oxygen atoms in total. The van der Waals surface area contributed by atoms with Gasteiger partial charge in [0.25, 0.3) is 0 Å². The van der Waals surface area contributed by atoms with Crippen LogP contribution < -0.4 is 15.4 Å². The van der Waals surface area contributed by atoms with Crippen molar-refractivity contribution in [1.82, 2.24) is 15.0 Å². The number of anilines is 2. The summed E-state index contributed by atoms with van der Waals surface area (Å²) in [6, 6.07) is 0.266. The Morgan fingerprint density at radius 1 is 0.750 bits per heavy atom. The predicted molar refractivity (Wildman–Crippen MR) is 94.3 cm³/mol. The Morgan fingerprint density at radius 3 is 1.75 bits per heavy atom. The van der Waals surface area contributed by atoms with Crippen molar-refractivity contribution in [2.75, 3.05) is 49.8 Å². The minimum Gasteiger partial charge on any atom is -0.464 e. The largest absolute Gasteiger partial charge is 0.521 e. The molecular formula is C14H29N5O4Si. The van der Waals surface area contributed by atoms with Gasteiger partial charge in [-0.25, -0.2) is 0 Å². The molecule has 1 aromatic heterocycles. The summed E-state index contributed by atoms with van der Waals surface area (Å²) in [6.07, 6.45) is 0.365. The van der Waals surface area contributed by atoms with E-state index in [1.807, 2.05) is 34.6 Å². The fourth-order valence-electron chi connectivity index (χ4n) is 1.99. The fraction of sp³-hybridized carbons (Fsp3) is 0.786. The van der Waals surface area contributed by atoms with E-state index in [0.717, 1.165) is 0 Å². The average molecular weight is 360 g/mol. The van der Waals surface area contributed by atoms with E-state index in [4.69, 9.17) is 18.0 Å². The quantitative estimate of drug-likeness (QED) is 0.510. The number of nitrogens with one attached hydrogen (secondary N) is 2. The third-order valence-corrected chi connectivity index (χ3v) is 5.57. The van der Waals surface area contributed by atoms with E-state index in [1.54, 1.807) is 0 Å². The molecule has 1 aromatic rings. The maximum atomic E-state index is 5.80. The number of rotatable bonds is 13. The van der Waals surface area contributed by atoms with Crippen LogP contribution in [0.4, 0.5) is 11.9 Å². The lowest BCUT2D eigenvalue weighted by atomic mass is 10.7. The number of ether oxygens (including phenoxy) is 1. The number of hydrogen-bond donors (Lipinski definition) is 2. The van der Waals surface area contributed by atoms with E-state index in [0.29, 0.717) is 51.0 Å². The molecule has 2 N–H and O–H groups in total. The zero-order chi connectivity index (χ0) is 17.8. The van der Waals surface area contributed by atoms with Gasteiger partial charge in [-0.05, 0) is 34.6 Å². The molecule has 1 rings (SSSR count). The molecule has 0 bridgehead atoms. The summed E-state index contributed by atoms with van der Waals surface area (Å²) in [7, 11) is -2.82. The highest BCUT2D eigenvalue weighted by Gasteiger charge is 2.40. The zero-order valence-corrected chi connectivity index (χ0v) is 16.2. The topological polar surface area (TPSA) is 99.7 Å². The van der Waals surface area contributed by atoms with Gasteiger partial charge in [0.15, 0.2) is 0 Å². The first-order chi connectivity index (χ1) is 11.6.